The monoisotopic (exact) mass is 366 g/mol. The van der Waals surface area contributed by atoms with E-state index < -0.39 is 17.7 Å². The van der Waals surface area contributed by atoms with Crippen LogP contribution in [0.25, 0.3) is 0 Å². The minimum Gasteiger partial charge on any atom is -0.481 e. The Hall–Kier alpha value is -2.48. The fraction of sp³-hybridized carbons (Fsp3) is 0.353. The number of hydrogen-bond donors (Lipinski definition) is 1. The van der Waals surface area contributed by atoms with Gasteiger partial charge in [-0.3, -0.25) is 10.1 Å². The van der Waals surface area contributed by atoms with E-state index >= 15 is 0 Å². The van der Waals surface area contributed by atoms with Crippen molar-refractivity contribution in [2.45, 2.75) is 26.7 Å². The molecule has 0 spiro atoms. The van der Waals surface area contributed by atoms with E-state index in [0.717, 1.165) is 11.3 Å². The van der Waals surface area contributed by atoms with E-state index in [1.165, 1.54) is 18.2 Å². The van der Waals surface area contributed by atoms with Gasteiger partial charge in [0, 0.05) is 0 Å². The van der Waals surface area contributed by atoms with Gasteiger partial charge in [-0.1, -0.05) is 37.3 Å². The average molecular weight is 366 g/mol. The van der Waals surface area contributed by atoms with Crippen LogP contribution < -0.4 is 10.1 Å². The fourth-order valence-electron chi connectivity index (χ4n) is 1.98. The van der Waals surface area contributed by atoms with Crippen molar-refractivity contribution in [2.24, 2.45) is 0 Å². The number of esters is 1. The largest absolute Gasteiger partial charge is 0.481 e. The summed E-state index contributed by atoms with van der Waals surface area (Å²) in [5.41, 5.74) is 0.564. The predicted molar refractivity (Wildman–Crippen MR) is 92.7 cm³/mol. The molecule has 6 nitrogen and oxygen atoms in total. The summed E-state index contributed by atoms with van der Waals surface area (Å²) in [7, 11) is 0. The summed E-state index contributed by atoms with van der Waals surface area (Å²) in [5, 5.41) is 2.83. The second kappa shape index (κ2) is 8.57. The van der Waals surface area contributed by atoms with Gasteiger partial charge in [0.05, 0.1) is 12.3 Å². The van der Waals surface area contributed by atoms with E-state index in [9.17, 15) is 14.0 Å². The summed E-state index contributed by atoms with van der Waals surface area (Å²) in [6, 6.07) is 5.82. The predicted octanol–water partition coefficient (Wildman–Crippen LogP) is 3.60. The van der Waals surface area contributed by atoms with Crippen molar-refractivity contribution in [3.8, 4) is 5.75 Å². The number of benzene rings is 1. The molecule has 0 atom stereocenters. The van der Waals surface area contributed by atoms with Crippen LogP contribution in [0.15, 0.2) is 24.3 Å². The Bertz CT molecular complexity index is 761. The molecule has 0 fully saturated rings. The zero-order chi connectivity index (χ0) is 18.4. The minimum atomic E-state index is -0.545. The number of para-hydroxylation sites is 1. The number of rotatable bonds is 7. The van der Waals surface area contributed by atoms with Gasteiger partial charge in [0.1, 0.15) is 4.88 Å². The van der Waals surface area contributed by atoms with Crippen LogP contribution in [0, 0.1) is 5.82 Å². The van der Waals surface area contributed by atoms with E-state index in [2.05, 4.69) is 10.3 Å². The molecule has 1 heterocycles. The van der Waals surface area contributed by atoms with Gasteiger partial charge in [-0.2, -0.15) is 0 Å². The summed E-state index contributed by atoms with van der Waals surface area (Å²) in [5.74, 6) is -1.52. The van der Waals surface area contributed by atoms with Crippen molar-refractivity contribution in [2.75, 3.05) is 18.5 Å². The maximum absolute atomic E-state index is 13.5. The summed E-state index contributed by atoms with van der Waals surface area (Å²) in [6.45, 7) is 5.39. The zero-order valence-corrected chi connectivity index (χ0v) is 15.0. The highest BCUT2D eigenvalue weighted by molar-refractivity contribution is 7.17. The normalized spacial score (nSPS) is 10.6. The molecule has 0 radical (unpaired) electrons. The molecule has 1 aromatic carbocycles. The fourth-order valence-corrected chi connectivity index (χ4v) is 3.01. The Morgan fingerprint density at radius 3 is 2.68 bits per heavy atom. The highest BCUT2D eigenvalue weighted by atomic mass is 32.1. The molecule has 1 amide bonds. The van der Waals surface area contributed by atoms with Crippen molar-refractivity contribution in [3.63, 3.8) is 0 Å². The third-order valence-electron chi connectivity index (χ3n) is 3.10. The number of ether oxygens (including phenoxy) is 2. The van der Waals surface area contributed by atoms with Crippen LogP contribution in [-0.2, 0) is 9.53 Å². The summed E-state index contributed by atoms with van der Waals surface area (Å²) in [4.78, 5) is 28.6. The summed E-state index contributed by atoms with van der Waals surface area (Å²) in [6.07, 6.45) is 0. The molecule has 134 valence electrons. The molecule has 25 heavy (non-hydrogen) atoms. The highest BCUT2D eigenvalue weighted by Crippen LogP contribution is 2.29. The molecule has 0 aliphatic rings. The molecular weight excluding hydrogens is 347 g/mol. The second-order valence-corrected chi connectivity index (χ2v) is 6.37. The molecule has 0 aliphatic heterocycles. The third kappa shape index (κ3) is 4.99. The number of hydrogen-bond acceptors (Lipinski definition) is 6. The third-order valence-corrected chi connectivity index (χ3v) is 4.07. The van der Waals surface area contributed by atoms with Gasteiger partial charge in [0.25, 0.3) is 5.91 Å². The average Bonchev–Trinajstić information content (AvgIpc) is 2.98. The summed E-state index contributed by atoms with van der Waals surface area (Å²) < 4.78 is 23.6. The first-order valence-electron chi connectivity index (χ1n) is 7.77. The van der Waals surface area contributed by atoms with Crippen LogP contribution in [0.3, 0.4) is 0 Å². The Kier molecular flexibility index (Phi) is 6.46. The van der Waals surface area contributed by atoms with E-state index in [1.807, 2.05) is 13.8 Å². The number of anilines is 1. The van der Waals surface area contributed by atoms with Crippen LogP contribution >= 0.6 is 11.3 Å². The number of halogens is 1. The Balaban J connectivity index is 2.04. The van der Waals surface area contributed by atoms with Crippen LogP contribution in [0.5, 0.6) is 5.75 Å². The molecule has 8 heteroatoms. The molecule has 0 unspecified atom stereocenters. The quantitative estimate of drug-likeness (QED) is 0.758. The molecule has 2 rings (SSSR count). The number of thiazole rings is 1. The number of nitrogens with one attached hydrogen (secondary N) is 1. The van der Waals surface area contributed by atoms with E-state index in [1.54, 1.807) is 13.0 Å². The van der Waals surface area contributed by atoms with Gasteiger partial charge in [-0.05, 0) is 25.0 Å². The van der Waals surface area contributed by atoms with Gasteiger partial charge in [-0.15, -0.1) is 0 Å². The Morgan fingerprint density at radius 2 is 2.04 bits per heavy atom. The number of nitrogens with zero attached hydrogens (tertiary/aromatic N) is 1. The van der Waals surface area contributed by atoms with Crippen molar-refractivity contribution >= 4 is 28.3 Å². The lowest BCUT2D eigenvalue weighted by atomic mass is 10.1. The first kappa shape index (κ1) is 18.9. The lowest BCUT2D eigenvalue weighted by Crippen LogP contribution is -2.20. The zero-order valence-electron chi connectivity index (χ0n) is 14.2. The summed E-state index contributed by atoms with van der Waals surface area (Å²) >= 11 is 1.04. The lowest BCUT2D eigenvalue weighted by molar-refractivity contribution is -0.118. The molecule has 2 aromatic rings. The minimum absolute atomic E-state index is 0.00373. The molecule has 0 saturated carbocycles. The number of amides is 1. The van der Waals surface area contributed by atoms with Crippen molar-refractivity contribution in [1.82, 2.24) is 4.98 Å². The van der Waals surface area contributed by atoms with Gasteiger partial charge >= 0.3 is 5.97 Å². The molecular formula is C17H19FN2O4S. The van der Waals surface area contributed by atoms with Gasteiger partial charge in [0.2, 0.25) is 0 Å². The van der Waals surface area contributed by atoms with E-state index in [4.69, 9.17) is 9.47 Å². The maximum Gasteiger partial charge on any atom is 0.350 e. The second-order valence-electron chi connectivity index (χ2n) is 5.38. The molecule has 0 bridgehead atoms. The number of aromatic nitrogens is 1. The van der Waals surface area contributed by atoms with Crippen molar-refractivity contribution in [3.05, 3.63) is 40.7 Å². The topological polar surface area (TPSA) is 77.5 Å². The molecule has 1 N–H and O–H groups in total. The number of carbonyl (C=O) groups is 2. The van der Waals surface area contributed by atoms with Gasteiger partial charge in [-0.25, -0.2) is 14.2 Å². The van der Waals surface area contributed by atoms with Gasteiger partial charge < -0.3 is 9.47 Å². The van der Waals surface area contributed by atoms with Crippen molar-refractivity contribution < 1.29 is 23.5 Å². The Morgan fingerprint density at radius 1 is 1.32 bits per heavy atom. The van der Waals surface area contributed by atoms with E-state index in [-0.39, 0.29) is 30.0 Å². The highest BCUT2D eigenvalue weighted by Gasteiger charge is 2.22. The SMILES string of the molecule is CCOC(=O)c1sc(NC(=O)COc2ccccc2F)nc1C(C)C. The van der Waals surface area contributed by atoms with Crippen LogP contribution in [0.2, 0.25) is 0 Å². The standard InChI is InChI=1S/C17H19FN2O4S/c1-4-23-16(22)15-14(10(2)3)20-17(25-15)19-13(21)9-24-12-8-6-5-7-11(12)18/h5-8,10H,4,9H2,1-3H3,(H,19,20,21). The smallest absolute Gasteiger partial charge is 0.350 e. The van der Waals surface area contributed by atoms with Gasteiger partial charge in [0.15, 0.2) is 23.3 Å². The number of carbonyl (C=O) groups excluding carboxylic acids is 2. The first-order chi connectivity index (χ1) is 11.9. The van der Waals surface area contributed by atoms with Crippen molar-refractivity contribution in [1.29, 1.82) is 0 Å². The van der Waals surface area contributed by atoms with E-state index in [0.29, 0.717) is 10.6 Å². The molecule has 1 aromatic heterocycles. The molecule has 0 aliphatic carbocycles. The van der Waals surface area contributed by atoms with Crippen LogP contribution in [0.4, 0.5) is 9.52 Å². The van der Waals surface area contributed by atoms with Crippen LogP contribution in [0.1, 0.15) is 42.1 Å². The Labute approximate surface area is 149 Å². The first-order valence-corrected chi connectivity index (χ1v) is 8.59. The maximum atomic E-state index is 13.5. The lowest BCUT2D eigenvalue weighted by Gasteiger charge is -2.06. The van der Waals surface area contributed by atoms with Crippen LogP contribution in [-0.4, -0.2) is 30.1 Å². The molecule has 0 saturated heterocycles.